The Morgan fingerprint density at radius 1 is 1.38 bits per heavy atom. The molecule has 0 aliphatic rings. The van der Waals surface area contributed by atoms with Crippen LogP contribution in [0.25, 0.3) is 0 Å². The van der Waals surface area contributed by atoms with E-state index in [1.807, 2.05) is 24.3 Å². The molecule has 0 radical (unpaired) electrons. The highest BCUT2D eigenvalue weighted by atomic mass is 35.5. The lowest BCUT2D eigenvalue weighted by molar-refractivity contribution is -0.120. The van der Waals surface area contributed by atoms with Crippen molar-refractivity contribution in [1.29, 1.82) is 0 Å². The van der Waals surface area contributed by atoms with Gasteiger partial charge in [0, 0.05) is 11.6 Å². The van der Waals surface area contributed by atoms with E-state index in [1.54, 1.807) is 7.05 Å². The lowest BCUT2D eigenvalue weighted by atomic mass is 10.1. The number of carbonyl (C=O) groups is 1. The van der Waals surface area contributed by atoms with Gasteiger partial charge in [-0.15, -0.1) is 12.4 Å². The van der Waals surface area contributed by atoms with Crippen LogP contribution in [0.4, 0.5) is 0 Å². The molecule has 5 heteroatoms. The molecule has 0 saturated heterocycles. The first-order valence-electron chi connectivity index (χ1n) is 4.88. The van der Waals surface area contributed by atoms with Crippen LogP contribution in [-0.2, 0) is 11.2 Å². The monoisotopic (exact) mass is 262 g/mol. The van der Waals surface area contributed by atoms with Crippen molar-refractivity contribution in [3.05, 3.63) is 34.9 Å². The molecule has 1 rings (SSSR count). The molecule has 0 fully saturated rings. The van der Waals surface area contributed by atoms with Crippen LogP contribution in [0.2, 0.25) is 5.02 Å². The molecule has 1 amide bonds. The molecule has 90 valence electrons. The van der Waals surface area contributed by atoms with E-state index in [1.165, 1.54) is 0 Å². The summed E-state index contributed by atoms with van der Waals surface area (Å²) in [5.74, 6) is 0.00422. The largest absolute Gasteiger partial charge is 0.355 e. The number of amides is 1. The Bertz CT molecular complexity index is 332. The fraction of sp³-hybridized carbons (Fsp3) is 0.364. The van der Waals surface area contributed by atoms with Gasteiger partial charge in [-0.1, -0.05) is 29.8 Å². The number of hydrogen-bond donors (Lipinski definition) is 2. The van der Waals surface area contributed by atoms with E-state index in [9.17, 15) is 4.79 Å². The Balaban J connectivity index is 0.00000225. The molecule has 0 spiro atoms. The fourth-order valence-corrected chi connectivity index (χ4v) is 1.49. The highest BCUT2D eigenvalue weighted by molar-refractivity contribution is 6.31. The normalized spacial score (nSPS) is 9.38. The van der Waals surface area contributed by atoms with E-state index in [0.717, 1.165) is 17.0 Å². The van der Waals surface area contributed by atoms with E-state index < -0.39 is 0 Å². The van der Waals surface area contributed by atoms with Crippen LogP contribution in [0.1, 0.15) is 5.56 Å². The van der Waals surface area contributed by atoms with Crippen LogP contribution in [0.3, 0.4) is 0 Å². The molecule has 0 aromatic heterocycles. The number of halogens is 2. The minimum atomic E-state index is 0. The molecule has 0 unspecified atom stereocenters. The molecule has 3 nitrogen and oxygen atoms in total. The Kier molecular flexibility index (Phi) is 7.99. The van der Waals surface area contributed by atoms with Gasteiger partial charge >= 0.3 is 0 Å². The van der Waals surface area contributed by atoms with Crippen molar-refractivity contribution < 1.29 is 4.79 Å². The van der Waals surface area contributed by atoms with Crippen LogP contribution in [0, 0.1) is 0 Å². The van der Waals surface area contributed by atoms with Gasteiger partial charge in [0.2, 0.25) is 5.91 Å². The number of carbonyl (C=O) groups excluding carboxylic acids is 1. The average molecular weight is 263 g/mol. The van der Waals surface area contributed by atoms with Crippen molar-refractivity contribution in [2.24, 2.45) is 0 Å². The van der Waals surface area contributed by atoms with Gasteiger partial charge in [0.15, 0.2) is 0 Å². The van der Waals surface area contributed by atoms with Crippen LogP contribution < -0.4 is 10.6 Å². The summed E-state index contributed by atoms with van der Waals surface area (Å²) in [6.45, 7) is 0.965. The molecular formula is C11H16Cl2N2O. The minimum absolute atomic E-state index is 0. The van der Waals surface area contributed by atoms with Crippen LogP contribution >= 0.6 is 24.0 Å². The predicted octanol–water partition coefficient (Wildman–Crippen LogP) is 1.64. The zero-order chi connectivity index (χ0) is 11.1. The number of benzene rings is 1. The smallest absolute Gasteiger partial charge is 0.233 e. The molecular weight excluding hydrogens is 247 g/mol. The summed E-state index contributed by atoms with van der Waals surface area (Å²) in [6, 6.07) is 7.65. The van der Waals surface area contributed by atoms with E-state index >= 15 is 0 Å². The van der Waals surface area contributed by atoms with Crippen molar-refractivity contribution in [1.82, 2.24) is 10.6 Å². The van der Waals surface area contributed by atoms with E-state index in [2.05, 4.69) is 10.6 Å². The maximum atomic E-state index is 11.1. The Morgan fingerprint density at radius 3 is 2.69 bits per heavy atom. The van der Waals surface area contributed by atoms with Crippen molar-refractivity contribution >= 4 is 29.9 Å². The maximum Gasteiger partial charge on any atom is 0.233 e. The van der Waals surface area contributed by atoms with Gasteiger partial charge in [-0.2, -0.15) is 0 Å². The van der Waals surface area contributed by atoms with Gasteiger partial charge in [0.05, 0.1) is 6.54 Å². The Labute approximate surface area is 107 Å². The molecule has 1 aromatic carbocycles. The third-order valence-electron chi connectivity index (χ3n) is 2.01. The molecule has 0 heterocycles. The standard InChI is InChI=1S/C11H15ClN2O.ClH/c1-13-8-11(15)14-7-6-9-4-2-3-5-10(9)12;/h2-5,13H,6-8H2,1H3,(H,14,15);1H. The van der Waals surface area contributed by atoms with Gasteiger partial charge in [-0.25, -0.2) is 0 Å². The van der Waals surface area contributed by atoms with Gasteiger partial charge in [0.25, 0.3) is 0 Å². The third-order valence-corrected chi connectivity index (χ3v) is 2.38. The van der Waals surface area contributed by atoms with E-state index in [0.29, 0.717) is 13.1 Å². The summed E-state index contributed by atoms with van der Waals surface area (Å²) < 4.78 is 0. The van der Waals surface area contributed by atoms with E-state index in [4.69, 9.17) is 11.6 Å². The van der Waals surface area contributed by atoms with Crippen molar-refractivity contribution in [3.8, 4) is 0 Å². The highest BCUT2D eigenvalue weighted by Crippen LogP contribution is 2.14. The minimum Gasteiger partial charge on any atom is -0.355 e. The number of rotatable bonds is 5. The first kappa shape index (κ1) is 15.2. The third kappa shape index (κ3) is 5.35. The summed E-state index contributed by atoms with van der Waals surface area (Å²) in [6.07, 6.45) is 0.759. The summed E-state index contributed by atoms with van der Waals surface area (Å²) >= 11 is 5.98. The van der Waals surface area contributed by atoms with Crippen molar-refractivity contribution in [2.45, 2.75) is 6.42 Å². The Hall–Kier alpha value is -0.770. The van der Waals surface area contributed by atoms with E-state index in [-0.39, 0.29) is 18.3 Å². The average Bonchev–Trinajstić information content (AvgIpc) is 2.21. The second-order valence-corrected chi connectivity index (χ2v) is 3.63. The van der Waals surface area contributed by atoms with Crippen LogP contribution in [0.5, 0.6) is 0 Å². The summed E-state index contributed by atoms with van der Waals surface area (Å²) in [7, 11) is 1.74. The number of hydrogen-bond acceptors (Lipinski definition) is 2. The number of nitrogens with one attached hydrogen (secondary N) is 2. The van der Waals surface area contributed by atoms with Gasteiger partial charge in [-0.05, 0) is 25.1 Å². The van der Waals surface area contributed by atoms with Crippen LogP contribution in [0.15, 0.2) is 24.3 Å². The zero-order valence-electron chi connectivity index (χ0n) is 9.13. The Morgan fingerprint density at radius 2 is 2.06 bits per heavy atom. The van der Waals surface area contributed by atoms with Gasteiger partial charge in [0.1, 0.15) is 0 Å². The molecule has 2 N–H and O–H groups in total. The highest BCUT2D eigenvalue weighted by Gasteiger charge is 2.00. The lowest BCUT2D eigenvalue weighted by Gasteiger charge is -2.06. The number of likely N-dealkylation sites (N-methyl/N-ethyl adjacent to an activating group) is 1. The topological polar surface area (TPSA) is 41.1 Å². The molecule has 0 aliphatic carbocycles. The van der Waals surface area contributed by atoms with Crippen molar-refractivity contribution in [3.63, 3.8) is 0 Å². The second-order valence-electron chi connectivity index (χ2n) is 3.22. The van der Waals surface area contributed by atoms with Crippen molar-refractivity contribution in [2.75, 3.05) is 20.1 Å². The zero-order valence-corrected chi connectivity index (χ0v) is 10.7. The van der Waals surface area contributed by atoms with Gasteiger partial charge < -0.3 is 10.6 Å². The summed E-state index contributed by atoms with van der Waals surface area (Å²) in [4.78, 5) is 11.1. The SMILES string of the molecule is CNCC(=O)NCCc1ccccc1Cl.Cl. The van der Waals surface area contributed by atoms with Gasteiger partial charge in [-0.3, -0.25) is 4.79 Å². The first-order chi connectivity index (χ1) is 7.24. The molecule has 16 heavy (non-hydrogen) atoms. The second kappa shape index (κ2) is 8.39. The fourth-order valence-electron chi connectivity index (χ4n) is 1.26. The quantitative estimate of drug-likeness (QED) is 0.848. The predicted molar refractivity (Wildman–Crippen MR) is 69.3 cm³/mol. The molecule has 0 bridgehead atoms. The van der Waals surface area contributed by atoms with Crippen LogP contribution in [-0.4, -0.2) is 26.0 Å². The molecule has 0 saturated carbocycles. The summed E-state index contributed by atoms with van der Waals surface area (Å²) in [5, 5.41) is 6.34. The molecule has 1 aromatic rings. The summed E-state index contributed by atoms with van der Waals surface area (Å²) in [5.41, 5.74) is 1.06. The molecule has 0 aliphatic heterocycles. The lowest BCUT2D eigenvalue weighted by Crippen LogP contribution is -2.33. The molecule has 0 atom stereocenters. The first-order valence-corrected chi connectivity index (χ1v) is 5.26. The maximum absolute atomic E-state index is 11.1.